The van der Waals surface area contributed by atoms with E-state index in [1.807, 2.05) is 32.0 Å². The number of carbonyl (C=O) groups excluding carboxylic acids is 1. The molecule has 2 heterocycles. The van der Waals surface area contributed by atoms with Gasteiger partial charge < -0.3 is 14.8 Å². The van der Waals surface area contributed by atoms with Gasteiger partial charge in [0.2, 0.25) is 5.91 Å². The Hall–Kier alpha value is -2.10. The van der Waals surface area contributed by atoms with Crippen LogP contribution < -0.4 is 14.8 Å². The van der Waals surface area contributed by atoms with Crippen LogP contribution in [0.25, 0.3) is 0 Å². The summed E-state index contributed by atoms with van der Waals surface area (Å²) in [5, 5.41) is 4.96. The molecule has 0 bridgehead atoms. The molecule has 1 amide bonds. The number of piperidine rings is 1. The molecule has 7 nitrogen and oxygen atoms in total. The van der Waals surface area contributed by atoms with E-state index in [2.05, 4.69) is 19.2 Å². The van der Waals surface area contributed by atoms with Crippen molar-refractivity contribution in [2.75, 3.05) is 26.3 Å². The van der Waals surface area contributed by atoms with Crippen LogP contribution in [0.1, 0.15) is 52.1 Å². The van der Waals surface area contributed by atoms with Gasteiger partial charge in [-0.15, -0.1) is 11.3 Å². The fourth-order valence-corrected chi connectivity index (χ4v) is 6.68. The fraction of sp³-hybridized carbons (Fsp3) is 0.542. The van der Waals surface area contributed by atoms with Crippen LogP contribution in [0.3, 0.4) is 0 Å². The lowest BCUT2D eigenvalue weighted by atomic mass is 9.92. The van der Waals surface area contributed by atoms with Crippen molar-refractivity contribution < 1.29 is 22.7 Å². The second-order valence-corrected chi connectivity index (χ2v) is 11.5. The van der Waals surface area contributed by atoms with Crippen molar-refractivity contribution in [2.24, 2.45) is 11.8 Å². The van der Waals surface area contributed by atoms with E-state index in [1.165, 1.54) is 15.6 Å². The van der Waals surface area contributed by atoms with Gasteiger partial charge in [0.05, 0.1) is 19.3 Å². The van der Waals surface area contributed by atoms with Crippen LogP contribution in [0.15, 0.2) is 39.9 Å². The Labute approximate surface area is 201 Å². The first-order valence-corrected chi connectivity index (χ1v) is 13.8. The molecule has 0 aliphatic carbocycles. The van der Waals surface area contributed by atoms with Crippen LogP contribution in [-0.2, 0) is 14.8 Å². The topological polar surface area (TPSA) is 84.9 Å². The Morgan fingerprint density at radius 1 is 1.12 bits per heavy atom. The van der Waals surface area contributed by atoms with Crippen LogP contribution in [0.2, 0.25) is 0 Å². The molecule has 1 aromatic carbocycles. The summed E-state index contributed by atoms with van der Waals surface area (Å²) in [7, 11) is -3.47. The molecule has 0 saturated carbocycles. The number of hydrogen-bond acceptors (Lipinski definition) is 6. The zero-order chi connectivity index (χ0) is 24.0. The highest BCUT2D eigenvalue weighted by Crippen LogP contribution is 2.34. The van der Waals surface area contributed by atoms with Crippen molar-refractivity contribution in [2.45, 2.75) is 50.8 Å². The number of hydrogen-bond donors (Lipinski definition) is 1. The Kier molecular flexibility index (Phi) is 8.78. The normalized spacial score (nSPS) is 16.5. The predicted molar refractivity (Wildman–Crippen MR) is 130 cm³/mol. The number of sulfonamides is 1. The zero-order valence-corrected chi connectivity index (χ0v) is 21.4. The van der Waals surface area contributed by atoms with E-state index in [4.69, 9.17) is 9.47 Å². The van der Waals surface area contributed by atoms with Gasteiger partial charge in [0.15, 0.2) is 11.5 Å². The minimum absolute atomic E-state index is 0.0336. The summed E-state index contributed by atoms with van der Waals surface area (Å²) in [5.74, 6) is 1.28. The number of amides is 1. The number of benzene rings is 1. The Bertz CT molecular complexity index is 1010. The van der Waals surface area contributed by atoms with Crippen molar-refractivity contribution in [3.8, 4) is 11.5 Å². The van der Waals surface area contributed by atoms with Gasteiger partial charge in [-0.3, -0.25) is 4.79 Å². The molecule has 1 atom stereocenters. The van der Waals surface area contributed by atoms with Gasteiger partial charge in [-0.1, -0.05) is 26.0 Å². The van der Waals surface area contributed by atoms with E-state index < -0.39 is 10.0 Å². The lowest BCUT2D eigenvalue weighted by Gasteiger charge is -2.32. The van der Waals surface area contributed by atoms with E-state index in [-0.39, 0.29) is 23.8 Å². The summed E-state index contributed by atoms with van der Waals surface area (Å²) in [6.45, 7) is 9.76. The summed E-state index contributed by atoms with van der Waals surface area (Å²) in [6.07, 6.45) is 1.02. The smallest absolute Gasteiger partial charge is 0.252 e. The van der Waals surface area contributed by atoms with Crippen molar-refractivity contribution in [3.63, 3.8) is 0 Å². The van der Waals surface area contributed by atoms with Gasteiger partial charge in [-0.2, -0.15) is 4.31 Å². The van der Waals surface area contributed by atoms with Crippen molar-refractivity contribution in [1.29, 1.82) is 0 Å². The van der Waals surface area contributed by atoms with Crippen molar-refractivity contribution >= 4 is 27.3 Å². The molecule has 1 saturated heterocycles. The zero-order valence-electron chi connectivity index (χ0n) is 19.7. The largest absolute Gasteiger partial charge is 0.490 e. The maximum Gasteiger partial charge on any atom is 0.252 e. The number of thiophene rings is 1. The Balaban J connectivity index is 1.67. The van der Waals surface area contributed by atoms with E-state index >= 15 is 0 Å². The molecule has 0 spiro atoms. The Morgan fingerprint density at radius 2 is 1.79 bits per heavy atom. The summed E-state index contributed by atoms with van der Waals surface area (Å²) in [4.78, 5) is 13.1. The third-order valence-corrected chi connectivity index (χ3v) is 9.08. The van der Waals surface area contributed by atoms with Gasteiger partial charge >= 0.3 is 0 Å². The summed E-state index contributed by atoms with van der Waals surface area (Å²) >= 11 is 1.22. The molecule has 0 radical (unpaired) electrons. The standard InChI is InChI=1S/C24H34N2O5S2/c1-5-30-20-10-9-19(16-21(20)31-6-2)23(17(3)4)25-24(27)18-11-13-26(14-12-18)33(28,29)22-8-7-15-32-22/h7-10,15-18,23H,5-6,11-14H2,1-4H3,(H,25,27). The molecule has 1 aliphatic heterocycles. The highest BCUT2D eigenvalue weighted by atomic mass is 32.2. The molecule has 1 aromatic heterocycles. The number of nitrogens with one attached hydrogen (secondary N) is 1. The lowest BCUT2D eigenvalue weighted by Crippen LogP contribution is -2.44. The third kappa shape index (κ3) is 6.07. The molecule has 33 heavy (non-hydrogen) atoms. The fourth-order valence-electron chi connectivity index (χ4n) is 4.06. The van der Waals surface area contributed by atoms with Crippen molar-refractivity contribution in [3.05, 3.63) is 41.3 Å². The summed E-state index contributed by atoms with van der Waals surface area (Å²) in [5.41, 5.74) is 0.961. The minimum Gasteiger partial charge on any atom is -0.490 e. The van der Waals surface area contributed by atoms with E-state index in [9.17, 15) is 13.2 Å². The van der Waals surface area contributed by atoms with E-state index in [0.29, 0.717) is 54.9 Å². The molecule has 1 unspecified atom stereocenters. The average Bonchev–Trinajstić information content (AvgIpc) is 3.35. The molecule has 1 N–H and O–H groups in total. The van der Waals surface area contributed by atoms with Crippen LogP contribution in [-0.4, -0.2) is 44.9 Å². The third-order valence-electron chi connectivity index (χ3n) is 5.80. The van der Waals surface area contributed by atoms with Crippen LogP contribution in [0, 0.1) is 11.8 Å². The first kappa shape index (κ1) is 25.5. The second kappa shape index (κ2) is 11.4. The minimum atomic E-state index is -3.47. The van der Waals surface area contributed by atoms with Gasteiger partial charge in [0, 0.05) is 19.0 Å². The molecule has 182 valence electrons. The van der Waals surface area contributed by atoms with Gasteiger partial charge in [0.1, 0.15) is 4.21 Å². The molecule has 2 aromatic rings. The van der Waals surface area contributed by atoms with E-state index in [1.54, 1.807) is 17.5 Å². The van der Waals surface area contributed by atoms with Gasteiger partial charge in [-0.25, -0.2) is 8.42 Å². The maximum absolute atomic E-state index is 13.1. The van der Waals surface area contributed by atoms with Crippen LogP contribution in [0.5, 0.6) is 11.5 Å². The molecule has 3 rings (SSSR count). The molecular formula is C24H34N2O5S2. The highest BCUT2D eigenvalue weighted by molar-refractivity contribution is 7.91. The predicted octanol–water partition coefficient (Wildman–Crippen LogP) is 4.46. The van der Waals surface area contributed by atoms with E-state index in [0.717, 1.165) is 5.56 Å². The number of carbonyl (C=O) groups is 1. The average molecular weight is 495 g/mol. The number of nitrogens with zero attached hydrogens (tertiary/aromatic N) is 1. The maximum atomic E-state index is 13.1. The van der Waals surface area contributed by atoms with Crippen molar-refractivity contribution in [1.82, 2.24) is 9.62 Å². The number of rotatable bonds is 10. The molecule has 1 aliphatic rings. The first-order valence-electron chi connectivity index (χ1n) is 11.5. The van der Waals surface area contributed by atoms with Gasteiger partial charge in [0.25, 0.3) is 10.0 Å². The molecule has 9 heteroatoms. The monoisotopic (exact) mass is 494 g/mol. The van der Waals surface area contributed by atoms with Crippen LogP contribution >= 0.6 is 11.3 Å². The lowest BCUT2D eigenvalue weighted by molar-refractivity contribution is -0.127. The SMILES string of the molecule is CCOc1ccc(C(NC(=O)C2CCN(S(=O)(=O)c3cccs3)CC2)C(C)C)cc1OCC. The molecular weight excluding hydrogens is 460 g/mol. The quantitative estimate of drug-likeness (QED) is 0.527. The number of ether oxygens (including phenoxy) is 2. The summed E-state index contributed by atoms with van der Waals surface area (Å²) in [6, 6.07) is 8.98. The first-order chi connectivity index (χ1) is 15.8. The second-order valence-electron chi connectivity index (χ2n) is 8.41. The summed E-state index contributed by atoms with van der Waals surface area (Å²) < 4.78 is 38.8. The molecule has 1 fully saturated rings. The highest BCUT2D eigenvalue weighted by Gasteiger charge is 2.33. The Morgan fingerprint density at radius 3 is 2.36 bits per heavy atom. The van der Waals surface area contributed by atoms with Gasteiger partial charge in [-0.05, 0) is 61.7 Å². The van der Waals surface area contributed by atoms with Crippen LogP contribution in [0.4, 0.5) is 0 Å².